The van der Waals surface area contributed by atoms with Crippen molar-refractivity contribution in [1.82, 2.24) is 10.6 Å². The van der Waals surface area contributed by atoms with Crippen molar-refractivity contribution in [2.45, 2.75) is 43.0 Å². The lowest BCUT2D eigenvalue weighted by atomic mass is 10.0. The average Bonchev–Trinajstić information content (AvgIpc) is 2.78. The van der Waals surface area contributed by atoms with Gasteiger partial charge in [-0.2, -0.15) is 11.8 Å². The smallest absolute Gasteiger partial charge is 0.315 e. The van der Waals surface area contributed by atoms with Gasteiger partial charge in [-0.1, -0.05) is 6.42 Å². The largest absolute Gasteiger partial charge is 0.332 e. The van der Waals surface area contributed by atoms with Crippen molar-refractivity contribution in [3.05, 3.63) is 0 Å². The maximum absolute atomic E-state index is 11.1. The summed E-state index contributed by atoms with van der Waals surface area (Å²) in [6, 6.07) is 0.435. The van der Waals surface area contributed by atoms with Gasteiger partial charge in [-0.15, -0.1) is 0 Å². The van der Waals surface area contributed by atoms with E-state index in [-0.39, 0.29) is 18.1 Å². The number of thioether (sulfide) groups is 1. The summed E-state index contributed by atoms with van der Waals surface area (Å²) in [4.78, 5) is 21.4. The number of rotatable bonds is 5. The van der Waals surface area contributed by atoms with Crippen molar-refractivity contribution in [3.63, 3.8) is 0 Å². The van der Waals surface area contributed by atoms with Crippen LogP contribution in [0.1, 0.15) is 27.0 Å². The molecule has 0 bridgehead atoms. The van der Waals surface area contributed by atoms with E-state index in [4.69, 9.17) is 1.37 Å². The number of hydrogen-bond donors (Lipinski definition) is 2. The van der Waals surface area contributed by atoms with Crippen LogP contribution in [0.25, 0.3) is 0 Å². The molecule has 0 radical (unpaired) electrons. The van der Waals surface area contributed by atoms with Crippen LogP contribution >= 0.6 is 11.8 Å². The molecule has 15 heavy (non-hydrogen) atoms. The Morgan fingerprint density at radius 3 is 3.20 bits per heavy atom. The Morgan fingerprint density at radius 2 is 2.40 bits per heavy atom. The van der Waals surface area contributed by atoms with Crippen molar-refractivity contribution in [1.29, 1.82) is 0 Å². The first-order valence-electron chi connectivity index (χ1n) is 5.84. The number of aldehydes is 1. The van der Waals surface area contributed by atoms with Gasteiger partial charge >= 0.3 is 6.03 Å². The van der Waals surface area contributed by atoms with Crippen LogP contribution in [0.3, 0.4) is 0 Å². The van der Waals surface area contributed by atoms with Crippen LogP contribution in [0, 0.1) is 0 Å². The van der Waals surface area contributed by atoms with E-state index in [1.165, 1.54) is 0 Å². The fraction of sp³-hybridized carbons (Fsp3) is 0.800. The topological polar surface area (TPSA) is 58.2 Å². The van der Waals surface area contributed by atoms with E-state index in [2.05, 4.69) is 10.6 Å². The quantitative estimate of drug-likeness (QED) is 0.544. The highest BCUT2D eigenvalue weighted by Crippen LogP contribution is 2.33. The molecule has 2 aliphatic heterocycles. The van der Waals surface area contributed by atoms with Crippen LogP contribution in [0.15, 0.2) is 0 Å². The van der Waals surface area contributed by atoms with Gasteiger partial charge in [-0.3, -0.25) is 0 Å². The summed E-state index contributed by atoms with van der Waals surface area (Å²) < 4.78 is 7.32. The number of carbonyl (C=O) groups is 2. The second-order valence-electron chi connectivity index (χ2n) is 3.92. The van der Waals surface area contributed by atoms with Gasteiger partial charge in [0, 0.05) is 18.8 Å². The molecule has 1 unspecified atom stereocenters. The minimum absolute atomic E-state index is 0.0634. The minimum Gasteiger partial charge on any atom is -0.332 e. The van der Waals surface area contributed by atoms with Crippen LogP contribution in [0.2, 0.25) is 0 Å². The lowest BCUT2D eigenvalue weighted by Crippen LogP contribution is -2.36. The number of urea groups is 1. The van der Waals surface area contributed by atoms with Gasteiger partial charge in [0.05, 0.1) is 12.1 Å². The van der Waals surface area contributed by atoms with Crippen LogP contribution in [0.5, 0.6) is 0 Å². The van der Waals surface area contributed by atoms with Gasteiger partial charge in [-0.05, 0) is 12.8 Å². The zero-order valence-corrected chi connectivity index (χ0v) is 9.26. The molecule has 84 valence electrons. The van der Waals surface area contributed by atoms with Crippen molar-refractivity contribution >= 4 is 24.1 Å². The zero-order valence-electron chi connectivity index (χ0n) is 9.44. The minimum atomic E-state index is -0.585. The Bertz CT molecular complexity index is 290. The van der Waals surface area contributed by atoms with Gasteiger partial charge in [0.25, 0.3) is 0 Å². The second-order valence-corrected chi connectivity index (χ2v) is 5.20. The van der Waals surface area contributed by atoms with Gasteiger partial charge in [0.15, 0.2) is 0 Å². The normalized spacial score (nSPS) is 36.4. The molecule has 2 rings (SSSR count). The van der Waals surface area contributed by atoms with E-state index in [1.54, 1.807) is 0 Å². The van der Waals surface area contributed by atoms with Gasteiger partial charge < -0.3 is 15.4 Å². The Hall–Kier alpha value is -0.710. The van der Waals surface area contributed by atoms with E-state index >= 15 is 0 Å². The Balaban J connectivity index is 1.74. The van der Waals surface area contributed by atoms with E-state index in [1.807, 2.05) is 11.8 Å². The number of fused-ring (bicyclic) bond motifs is 1. The first-order valence-corrected chi connectivity index (χ1v) is 6.32. The molecular formula is C10H16N2O2S. The van der Waals surface area contributed by atoms with E-state index < -0.39 is 6.40 Å². The summed E-state index contributed by atoms with van der Waals surface area (Å²) in [6.45, 7) is 0. The summed E-state index contributed by atoms with van der Waals surface area (Å²) in [5, 5.41) is 6.26. The van der Waals surface area contributed by atoms with Crippen LogP contribution < -0.4 is 10.6 Å². The van der Waals surface area contributed by atoms with Crippen molar-refractivity contribution in [2.75, 3.05) is 5.75 Å². The highest BCUT2D eigenvalue weighted by atomic mass is 32.2. The van der Waals surface area contributed by atoms with Gasteiger partial charge in [0.2, 0.25) is 0 Å². The van der Waals surface area contributed by atoms with Crippen molar-refractivity contribution in [2.24, 2.45) is 0 Å². The molecule has 0 spiro atoms. The van der Waals surface area contributed by atoms with E-state index in [9.17, 15) is 9.59 Å². The van der Waals surface area contributed by atoms with Crippen molar-refractivity contribution < 1.29 is 11.0 Å². The molecular weight excluding hydrogens is 212 g/mol. The van der Waals surface area contributed by atoms with E-state index in [0.717, 1.165) is 18.6 Å². The average molecular weight is 229 g/mol. The number of hydrogen-bond acceptors (Lipinski definition) is 3. The third kappa shape index (κ3) is 2.45. The molecule has 2 N–H and O–H groups in total. The van der Waals surface area contributed by atoms with Crippen LogP contribution in [-0.2, 0) is 4.79 Å². The first-order chi connectivity index (χ1) is 7.70. The van der Waals surface area contributed by atoms with E-state index in [0.29, 0.717) is 18.0 Å². The highest BCUT2D eigenvalue weighted by molar-refractivity contribution is 8.00. The maximum atomic E-state index is 11.1. The monoisotopic (exact) mass is 229 g/mol. The molecule has 0 aliphatic carbocycles. The molecule has 0 saturated carbocycles. The molecule has 4 atom stereocenters. The highest BCUT2D eigenvalue weighted by Gasteiger charge is 2.42. The van der Waals surface area contributed by atoms with Crippen LogP contribution in [0.4, 0.5) is 4.79 Å². The molecule has 2 aliphatic rings. The maximum Gasteiger partial charge on any atom is 0.315 e. The molecule has 0 aromatic rings. The fourth-order valence-electron chi connectivity index (χ4n) is 2.15. The fourth-order valence-corrected chi connectivity index (χ4v) is 3.69. The predicted molar refractivity (Wildman–Crippen MR) is 60.0 cm³/mol. The standard InChI is InChI=1S/C10H16N2O2S/c13-5-3-1-2-4-8-9-7(6-15-8)11-10(14)12-9/h5,7-9H,1-4,6H2,(H2,11,12,14)/t7-,8-,9-/m0/s1/i3D/t3?,7-,8-,9-. The molecule has 4 nitrogen and oxygen atoms in total. The zero-order chi connectivity index (χ0) is 11.5. The summed E-state index contributed by atoms with van der Waals surface area (Å²) >= 11 is 1.87. The lowest BCUT2D eigenvalue weighted by molar-refractivity contribution is -0.107. The summed E-state index contributed by atoms with van der Waals surface area (Å²) in [7, 11) is 0. The molecule has 5 heteroatoms. The number of amides is 2. The Kier molecular flexibility index (Phi) is 3.09. The third-order valence-corrected chi connectivity index (χ3v) is 4.40. The molecule has 2 fully saturated rings. The lowest BCUT2D eigenvalue weighted by Gasteiger charge is -2.15. The molecule has 2 saturated heterocycles. The number of carbonyl (C=O) groups excluding carboxylic acids is 2. The SMILES string of the molecule is [2H]C(C=O)CCC[C@@H]1SC[C@@H]2NC(=O)N[C@@H]21. The summed E-state index contributed by atoms with van der Waals surface area (Å²) in [5.74, 6) is 0.964. The first kappa shape index (κ1) is 9.51. The summed E-state index contributed by atoms with van der Waals surface area (Å²) in [5.41, 5.74) is 0. The third-order valence-electron chi connectivity index (χ3n) is 2.89. The Labute approximate surface area is 95.0 Å². The van der Waals surface area contributed by atoms with Gasteiger partial charge in [-0.25, -0.2) is 4.79 Å². The van der Waals surface area contributed by atoms with Gasteiger partial charge in [0.1, 0.15) is 6.29 Å². The Morgan fingerprint density at radius 1 is 1.53 bits per heavy atom. The number of nitrogens with one attached hydrogen (secondary N) is 2. The van der Waals surface area contributed by atoms with Crippen molar-refractivity contribution in [3.8, 4) is 0 Å². The molecule has 0 aromatic carbocycles. The second kappa shape index (κ2) is 4.88. The predicted octanol–water partition coefficient (Wildman–Crippen LogP) is 0.911. The van der Waals surface area contributed by atoms with Crippen LogP contribution in [-0.4, -0.2) is 35.4 Å². The molecule has 0 aromatic heterocycles. The summed E-state index contributed by atoms with van der Waals surface area (Å²) in [6.07, 6.45) is 2.57. The molecule has 2 heterocycles. The molecule has 2 amide bonds.